The Bertz CT molecular complexity index is 1200. The predicted octanol–water partition coefficient (Wildman–Crippen LogP) is 5.33. The number of hydrogen-bond donors (Lipinski definition) is 1. The van der Waals surface area contributed by atoms with Gasteiger partial charge in [0, 0.05) is 21.6 Å². The van der Waals surface area contributed by atoms with Crippen molar-refractivity contribution in [2.45, 2.75) is 20.5 Å². The molecule has 0 atom stereocenters. The molecule has 158 valence electrons. The normalized spacial score (nSPS) is 11.0. The van der Waals surface area contributed by atoms with Gasteiger partial charge in [-0.25, -0.2) is 4.98 Å². The number of hydrogen-bond acceptors (Lipinski definition) is 7. The number of halogens is 2. The van der Waals surface area contributed by atoms with Crippen molar-refractivity contribution in [3.05, 3.63) is 64.8 Å². The number of nitrogens with zero attached hydrogens (tertiary/aromatic N) is 3. The average Bonchev–Trinajstić information content (AvgIpc) is 3.33. The second kappa shape index (κ2) is 8.60. The molecule has 0 radical (unpaired) electrons. The lowest BCUT2D eigenvalue weighted by molar-refractivity contribution is -0.0498. The van der Waals surface area contributed by atoms with E-state index in [4.69, 9.17) is 4.52 Å². The van der Waals surface area contributed by atoms with Crippen molar-refractivity contribution in [1.29, 1.82) is 0 Å². The monoisotopic (exact) mass is 442 g/mol. The van der Waals surface area contributed by atoms with E-state index in [1.165, 1.54) is 23.5 Å². The van der Waals surface area contributed by atoms with Crippen molar-refractivity contribution in [2.75, 3.05) is 5.32 Å². The summed E-state index contributed by atoms with van der Waals surface area (Å²) >= 11 is 1.32. The highest BCUT2D eigenvalue weighted by Crippen LogP contribution is 2.32. The zero-order valence-electron chi connectivity index (χ0n) is 16.4. The number of amides is 1. The Hall–Kier alpha value is -3.66. The summed E-state index contributed by atoms with van der Waals surface area (Å²) in [6, 6.07) is 13.0. The number of ether oxygens (including phenoxy) is 1. The summed E-state index contributed by atoms with van der Waals surface area (Å²) < 4.78 is 34.1. The maximum Gasteiger partial charge on any atom is 0.387 e. The third kappa shape index (κ3) is 4.75. The van der Waals surface area contributed by atoms with E-state index < -0.39 is 6.61 Å². The lowest BCUT2D eigenvalue weighted by Crippen LogP contribution is -2.11. The largest absolute Gasteiger partial charge is 0.435 e. The van der Waals surface area contributed by atoms with Crippen LogP contribution in [0.2, 0.25) is 0 Å². The fourth-order valence-corrected chi connectivity index (χ4v) is 3.69. The second-order valence-electron chi connectivity index (χ2n) is 6.50. The summed E-state index contributed by atoms with van der Waals surface area (Å²) in [5.74, 6) is 0.672. The molecule has 2 heterocycles. The Balaban J connectivity index is 1.47. The number of carbonyl (C=O) groups excluding carboxylic acids is 1. The van der Waals surface area contributed by atoms with Gasteiger partial charge in [0.15, 0.2) is 11.0 Å². The standard InChI is InChI=1S/C21H16F2N4O3S/c1-11-17(13-7-9-16(10-8-13)29-20(22)23)25-21(31-11)26-18(28)14-3-5-15(6-4-14)19-24-12(2)27-30-19/h3-10,20H,1-2H3,(H,25,26,28). The summed E-state index contributed by atoms with van der Waals surface area (Å²) in [5, 5.41) is 6.96. The summed E-state index contributed by atoms with van der Waals surface area (Å²) in [7, 11) is 0. The van der Waals surface area contributed by atoms with Gasteiger partial charge in [0.25, 0.3) is 11.8 Å². The molecule has 0 fully saturated rings. The van der Waals surface area contributed by atoms with Crippen LogP contribution >= 0.6 is 11.3 Å². The minimum atomic E-state index is -2.88. The Morgan fingerprint density at radius 2 is 1.71 bits per heavy atom. The highest BCUT2D eigenvalue weighted by molar-refractivity contribution is 7.16. The van der Waals surface area contributed by atoms with E-state index in [1.54, 1.807) is 43.3 Å². The van der Waals surface area contributed by atoms with E-state index in [9.17, 15) is 13.6 Å². The Labute approximate surface area is 179 Å². The Kier molecular flexibility index (Phi) is 5.72. The number of rotatable bonds is 6. The van der Waals surface area contributed by atoms with Crippen LogP contribution in [0.25, 0.3) is 22.7 Å². The molecule has 2 aromatic carbocycles. The van der Waals surface area contributed by atoms with Crippen molar-refractivity contribution in [2.24, 2.45) is 0 Å². The zero-order valence-corrected chi connectivity index (χ0v) is 17.2. The molecule has 2 aromatic heterocycles. The molecule has 10 heteroatoms. The molecule has 0 saturated carbocycles. The third-order valence-corrected chi connectivity index (χ3v) is 5.18. The van der Waals surface area contributed by atoms with E-state index in [2.05, 4.69) is 25.2 Å². The molecule has 4 aromatic rings. The zero-order chi connectivity index (χ0) is 22.0. The molecule has 31 heavy (non-hydrogen) atoms. The number of alkyl halides is 2. The second-order valence-corrected chi connectivity index (χ2v) is 7.71. The molecule has 0 spiro atoms. The molecule has 0 bridgehead atoms. The molecule has 0 saturated heterocycles. The van der Waals surface area contributed by atoms with Crippen LogP contribution in [0.5, 0.6) is 5.75 Å². The average molecular weight is 442 g/mol. The Morgan fingerprint density at radius 1 is 1.03 bits per heavy atom. The van der Waals surface area contributed by atoms with Crippen LogP contribution in [0.15, 0.2) is 53.1 Å². The maximum absolute atomic E-state index is 12.6. The first-order valence-corrected chi connectivity index (χ1v) is 9.95. The number of nitrogens with one attached hydrogen (secondary N) is 1. The van der Waals surface area contributed by atoms with E-state index in [0.717, 1.165) is 10.4 Å². The van der Waals surface area contributed by atoms with Crippen LogP contribution in [-0.4, -0.2) is 27.6 Å². The maximum atomic E-state index is 12.6. The van der Waals surface area contributed by atoms with Gasteiger partial charge in [-0.05, 0) is 62.4 Å². The predicted molar refractivity (Wildman–Crippen MR) is 111 cm³/mol. The minimum Gasteiger partial charge on any atom is -0.435 e. The van der Waals surface area contributed by atoms with Gasteiger partial charge >= 0.3 is 6.61 Å². The molecule has 0 aliphatic rings. The van der Waals surface area contributed by atoms with Crippen molar-refractivity contribution < 1.29 is 22.8 Å². The summed E-state index contributed by atoms with van der Waals surface area (Å²) in [5.41, 5.74) is 2.55. The van der Waals surface area contributed by atoms with Gasteiger partial charge in [0.1, 0.15) is 5.75 Å². The molecular weight excluding hydrogens is 426 g/mol. The molecule has 4 rings (SSSR count). The van der Waals surface area contributed by atoms with Crippen molar-refractivity contribution in [3.8, 4) is 28.5 Å². The van der Waals surface area contributed by atoms with Crippen molar-refractivity contribution in [3.63, 3.8) is 0 Å². The van der Waals surface area contributed by atoms with Gasteiger partial charge in [-0.1, -0.05) is 5.16 Å². The molecule has 1 N–H and O–H groups in total. The lowest BCUT2D eigenvalue weighted by Gasteiger charge is -2.05. The molecular formula is C21H16F2N4O3S. The number of carbonyl (C=O) groups is 1. The number of thiazole rings is 1. The van der Waals surface area contributed by atoms with Gasteiger partial charge in [-0.15, -0.1) is 11.3 Å². The van der Waals surface area contributed by atoms with E-state index in [0.29, 0.717) is 33.7 Å². The smallest absolute Gasteiger partial charge is 0.387 e. The number of aryl methyl sites for hydroxylation is 2. The third-order valence-electron chi connectivity index (χ3n) is 4.29. The highest BCUT2D eigenvalue weighted by Gasteiger charge is 2.15. The summed E-state index contributed by atoms with van der Waals surface area (Å²) in [4.78, 5) is 22.1. The number of anilines is 1. The highest BCUT2D eigenvalue weighted by atomic mass is 32.1. The van der Waals surface area contributed by atoms with Crippen LogP contribution in [0.1, 0.15) is 21.1 Å². The molecule has 1 amide bonds. The van der Waals surface area contributed by atoms with Gasteiger partial charge in [0.05, 0.1) is 5.69 Å². The van der Waals surface area contributed by atoms with E-state index >= 15 is 0 Å². The topological polar surface area (TPSA) is 90.1 Å². The number of aromatic nitrogens is 3. The van der Waals surface area contributed by atoms with Crippen LogP contribution in [0, 0.1) is 13.8 Å². The summed E-state index contributed by atoms with van der Waals surface area (Å²) in [6.45, 7) is 0.719. The fourth-order valence-electron chi connectivity index (χ4n) is 2.86. The van der Waals surface area contributed by atoms with Crippen LogP contribution in [-0.2, 0) is 0 Å². The molecule has 0 aliphatic carbocycles. The minimum absolute atomic E-state index is 0.0688. The van der Waals surface area contributed by atoms with Gasteiger partial charge in [-0.2, -0.15) is 13.8 Å². The van der Waals surface area contributed by atoms with Crippen LogP contribution in [0.4, 0.5) is 13.9 Å². The van der Waals surface area contributed by atoms with Crippen molar-refractivity contribution in [1.82, 2.24) is 15.1 Å². The lowest BCUT2D eigenvalue weighted by atomic mass is 10.1. The quantitative estimate of drug-likeness (QED) is 0.434. The fraction of sp³-hybridized carbons (Fsp3) is 0.143. The molecule has 0 unspecified atom stereocenters. The first-order chi connectivity index (χ1) is 14.9. The van der Waals surface area contributed by atoms with Crippen LogP contribution < -0.4 is 10.1 Å². The SMILES string of the molecule is Cc1noc(-c2ccc(C(=O)Nc3nc(-c4ccc(OC(F)F)cc4)c(C)s3)cc2)n1. The van der Waals surface area contributed by atoms with Crippen LogP contribution in [0.3, 0.4) is 0 Å². The molecule has 7 nitrogen and oxygen atoms in total. The van der Waals surface area contributed by atoms with E-state index in [-0.39, 0.29) is 11.7 Å². The first-order valence-electron chi connectivity index (χ1n) is 9.14. The van der Waals surface area contributed by atoms with Gasteiger partial charge < -0.3 is 9.26 Å². The molecule has 0 aliphatic heterocycles. The van der Waals surface area contributed by atoms with Gasteiger partial charge in [-0.3, -0.25) is 10.1 Å². The first kappa shape index (κ1) is 20.6. The van der Waals surface area contributed by atoms with Gasteiger partial charge in [0.2, 0.25) is 0 Å². The summed E-state index contributed by atoms with van der Waals surface area (Å²) in [6.07, 6.45) is 0. The number of benzene rings is 2. The Morgan fingerprint density at radius 3 is 2.32 bits per heavy atom. The van der Waals surface area contributed by atoms with E-state index in [1.807, 2.05) is 6.92 Å². The van der Waals surface area contributed by atoms with Crippen molar-refractivity contribution >= 4 is 22.4 Å².